The number of amides is 1. The Kier molecular flexibility index (Phi) is 5.02. The quantitative estimate of drug-likeness (QED) is 0.399. The van der Waals surface area contributed by atoms with E-state index in [1.54, 1.807) is 4.84 Å². The fraction of sp³-hybridized carbons (Fsp3) is 0.300. The van der Waals surface area contributed by atoms with Crippen molar-refractivity contribution in [2.75, 3.05) is 0 Å². The molecule has 98 valence electrons. The van der Waals surface area contributed by atoms with Crippen LogP contribution in [0.15, 0.2) is 24.3 Å². The molecule has 8 heteroatoms. The van der Waals surface area contributed by atoms with Crippen molar-refractivity contribution in [3.8, 4) is 0 Å². The van der Waals surface area contributed by atoms with Crippen molar-refractivity contribution in [3.05, 3.63) is 39.9 Å². The van der Waals surface area contributed by atoms with Crippen LogP contribution in [0.3, 0.4) is 0 Å². The van der Waals surface area contributed by atoms with E-state index >= 15 is 0 Å². The molecule has 0 saturated heterocycles. The molecule has 0 spiro atoms. The average Bonchev–Trinajstić information content (AvgIpc) is 2.37. The lowest BCUT2D eigenvalue weighted by Gasteiger charge is -2.16. The van der Waals surface area contributed by atoms with Gasteiger partial charge in [-0.2, -0.15) is 0 Å². The number of halogens is 1. The summed E-state index contributed by atoms with van der Waals surface area (Å²) in [5, 5.41) is 19.9. The minimum atomic E-state index is -1.43. The van der Waals surface area contributed by atoms with E-state index < -0.39 is 23.0 Å². The summed E-state index contributed by atoms with van der Waals surface area (Å²) < 4.78 is 0. The Bertz CT molecular complexity index is 437. The first-order valence-electron chi connectivity index (χ1n) is 5.03. The molecule has 0 heterocycles. The fourth-order valence-electron chi connectivity index (χ4n) is 1.39. The molecule has 0 aliphatic rings. The van der Waals surface area contributed by atoms with E-state index in [4.69, 9.17) is 17.5 Å². The first kappa shape index (κ1) is 14.4. The summed E-state index contributed by atoms with van der Waals surface area (Å²) >= 11 is 5.06. The number of nitrogens with two attached hydrogens (primary N) is 1. The van der Waals surface area contributed by atoms with Crippen LogP contribution in [0.25, 0.3) is 0 Å². The van der Waals surface area contributed by atoms with Gasteiger partial charge in [-0.25, -0.2) is 0 Å². The van der Waals surface area contributed by atoms with E-state index in [1.807, 2.05) is 0 Å². The molecule has 1 aromatic rings. The molecule has 0 aromatic heterocycles. The lowest BCUT2D eigenvalue weighted by Crippen LogP contribution is -2.45. The molecule has 1 aromatic carbocycles. The Hall–Kier alpha value is -1.70. The van der Waals surface area contributed by atoms with E-state index in [0.29, 0.717) is 5.56 Å². The highest BCUT2D eigenvalue weighted by Gasteiger charge is 2.22. The lowest BCUT2D eigenvalue weighted by atomic mass is 10.0. The van der Waals surface area contributed by atoms with Gasteiger partial charge >= 0.3 is 0 Å². The van der Waals surface area contributed by atoms with Crippen LogP contribution in [0.4, 0.5) is 5.69 Å². The van der Waals surface area contributed by atoms with Gasteiger partial charge < -0.3 is 10.8 Å². The van der Waals surface area contributed by atoms with Gasteiger partial charge in [-0.1, -0.05) is 12.1 Å². The molecular formula is C10H12ClN3O4. The lowest BCUT2D eigenvalue weighted by molar-refractivity contribution is -0.384. The van der Waals surface area contributed by atoms with Gasteiger partial charge in [0.25, 0.3) is 11.6 Å². The van der Waals surface area contributed by atoms with Crippen molar-refractivity contribution in [3.63, 3.8) is 0 Å². The second-order valence-corrected chi connectivity index (χ2v) is 3.88. The number of nitro benzene ring substituents is 1. The van der Waals surface area contributed by atoms with Crippen molar-refractivity contribution in [2.45, 2.75) is 18.6 Å². The number of hydrogen-bond acceptors (Lipinski definition) is 5. The largest absolute Gasteiger partial charge is 0.382 e. The van der Waals surface area contributed by atoms with Crippen molar-refractivity contribution in [1.29, 1.82) is 0 Å². The number of non-ortho nitro benzene ring substituents is 1. The zero-order valence-electron chi connectivity index (χ0n) is 9.25. The normalized spacial score (nSPS) is 13.7. The number of benzene rings is 1. The number of nitrogens with zero attached hydrogens (tertiary/aromatic N) is 1. The molecule has 0 fully saturated rings. The number of carbonyl (C=O) groups is 1. The Morgan fingerprint density at radius 1 is 1.50 bits per heavy atom. The van der Waals surface area contributed by atoms with Crippen molar-refractivity contribution < 1.29 is 14.8 Å². The fourth-order valence-corrected chi connectivity index (χ4v) is 1.50. The summed E-state index contributed by atoms with van der Waals surface area (Å²) in [7, 11) is 0. The highest BCUT2D eigenvalue weighted by molar-refractivity contribution is 6.22. The highest BCUT2D eigenvalue weighted by Crippen LogP contribution is 2.13. The van der Waals surface area contributed by atoms with Gasteiger partial charge in [0.1, 0.15) is 6.10 Å². The minimum Gasteiger partial charge on any atom is -0.382 e. The minimum absolute atomic E-state index is 0.0358. The summed E-state index contributed by atoms with van der Waals surface area (Å²) in [5.41, 5.74) is 6.26. The topological polar surface area (TPSA) is 118 Å². The Balaban J connectivity index is 2.67. The number of aliphatic hydroxyl groups is 1. The Labute approximate surface area is 108 Å². The smallest absolute Gasteiger partial charge is 0.269 e. The highest BCUT2D eigenvalue weighted by atomic mass is 35.5. The number of nitrogens with one attached hydrogen (secondary N) is 1. The van der Waals surface area contributed by atoms with Crippen molar-refractivity contribution in [2.24, 2.45) is 5.73 Å². The van der Waals surface area contributed by atoms with Crippen LogP contribution in [0, 0.1) is 10.1 Å². The van der Waals surface area contributed by atoms with Gasteiger partial charge in [-0.05, 0) is 12.0 Å². The van der Waals surface area contributed by atoms with Crippen LogP contribution in [-0.4, -0.2) is 28.1 Å². The summed E-state index contributed by atoms with van der Waals surface area (Å²) in [6.45, 7) is 0. The molecule has 0 bridgehead atoms. The van der Waals surface area contributed by atoms with Gasteiger partial charge in [0.15, 0.2) is 0 Å². The van der Waals surface area contributed by atoms with Crippen LogP contribution in [0.1, 0.15) is 5.56 Å². The maximum absolute atomic E-state index is 11.0. The summed E-state index contributed by atoms with van der Waals surface area (Å²) in [4.78, 5) is 22.7. The molecule has 7 nitrogen and oxygen atoms in total. The van der Waals surface area contributed by atoms with Crippen LogP contribution in [0.5, 0.6) is 0 Å². The molecule has 0 saturated carbocycles. The molecule has 18 heavy (non-hydrogen) atoms. The number of carbonyl (C=O) groups excluding carboxylic acids is 1. The van der Waals surface area contributed by atoms with Crippen LogP contribution in [-0.2, 0) is 11.2 Å². The summed E-state index contributed by atoms with van der Waals surface area (Å²) in [6, 6.07) is 4.85. The number of rotatable bonds is 5. The van der Waals surface area contributed by atoms with E-state index in [0.717, 1.165) is 0 Å². The monoisotopic (exact) mass is 273 g/mol. The van der Waals surface area contributed by atoms with Crippen LogP contribution >= 0.6 is 11.8 Å². The molecule has 0 aliphatic heterocycles. The number of aliphatic hydroxyl groups excluding tert-OH is 1. The van der Waals surface area contributed by atoms with Crippen molar-refractivity contribution >= 4 is 23.4 Å². The molecule has 4 N–H and O–H groups in total. The second kappa shape index (κ2) is 6.29. The molecule has 1 amide bonds. The van der Waals surface area contributed by atoms with Gasteiger partial charge in [0.2, 0.25) is 0 Å². The predicted octanol–water partition coefficient (Wildman–Crippen LogP) is 0.0955. The van der Waals surface area contributed by atoms with Crippen molar-refractivity contribution in [1.82, 2.24) is 4.84 Å². The van der Waals surface area contributed by atoms with E-state index in [1.165, 1.54) is 24.3 Å². The zero-order chi connectivity index (χ0) is 13.7. The first-order valence-corrected chi connectivity index (χ1v) is 5.41. The number of nitro groups is 1. The van der Waals surface area contributed by atoms with Gasteiger partial charge in [0, 0.05) is 30.0 Å². The molecular weight excluding hydrogens is 262 g/mol. The maximum atomic E-state index is 11.0. The average molecular weight is 274 g/mol. The summed E-state index contributed by atoms with van der Waals surface area (Å²) in [6.07, 6.45) is -1.23. The second-order valence-electron chi connectivity index (χ2n) is 3.70. The summed E-state index contributed by atoms with van der Waals surface area (Å²) in [5.74, 6) is -0.786. The van der Waals surface area contributed by atoms with Crippen LogP contribution in [0.2, 0.25) is 0 Å². The molecule has 2 unspecified atom stereocenters. The third-order valence-electron chi connectivity index (χ3n) is 2.39. The van der Waals surface area contributed by atoms with Gasteiger partial charge in [-0.15, -0.1) is 0 Å². The maximum Gasteiger partial charge on any atom is 0.269 e. The molecule has 2 atom stereocenters. The number of hydrogen-bond donors (Lipinski definition) is 3. The molecule has 0 radical (unpaired) electrons. The third kappa shape index (κ3) is 3.66. The standard InChI is InChI=1S/C10H12ClN3O4/c11-13-10(16)9(15)8(12)5-6-1-3-7(4-2-6)14(17)18/h1-4,8-9,15H,5,12H2,(H,13,16). The van der Waals surface area contributed by atoms with E-state index in [9.17, 15) is 20.0 Å². The van der Waals surface area contributed by atoms with Gasteiger partial charge in [-0.3, -0.25) is 19.7 Å². The predicted molar refractivity (Wildman–Crippen MR) is 64.8 cm³/mol. The van der Waals surface area contributed by atoms with E-state index in [-0.39, 0.29) is 12.1 Å². The Morgan fingerprint density at radius 3 is 2.50 bits per heavy atom. The SMILES string of the molecule is NC(Cc1ccc([N+](=O)[O-])cc1)C(O)C(=O)NCl. The van der Waals surface area contributed by atoms with Gasteiger partial charge in [0.05, 0.1) is 4.92 Å². The first-order chi connectivity index (χ1) is 8.45. The zero-order valence-corrected chi connectivity index (χ0v) is 10.0. The Morgan fingerprint density at radius 2 is 2.06 bits per heavy atom. The molecule has 0 aliphatic carbocycles. The molecule has 1 rings (SSSR count). The third-order valence-corrected chi connectivity index (χ3v) is 2.57. The van der Waals surface area contributed by atoms with Crippen LogP contribution < -0.4 is 10.6 Å². The van der Waals surface area contributed by atoms with E-state index in [2.05, 4.69) is 0 Å².